The van der Waals surface area contributed by atoms with Crippen molar-refractivity contribution in [2.45, 2.75) is 19.4 Å². The van der Waals surface area contributed by atoms with Gasteiger partial charge in [-0.05, 0) is 23.6 Å². The molecule has 0 aliphatic carbocycles. The fourth-order valence-electron chi connectivity index (χ4n) is 3.04. The predicted molar refractivity (Wildman–Crippen MR) is 126 cm³/mol. The number of thiophene rings is 1. The van der Waals surface area contributed by atoms with Crippen LogP contribution < -0.4 is 4.74 Å². The SMILES string of the molecule is C=CCc1cc([N+](=O)[O-])ccc1C(=O)Oc1cc(C(=O)OCc2ccccc2)sc1CC=C. The molecule has 0 atom stereocenters. The van der Waals surface area contributed by atoms with Crippen LogP contribution in [0.3, 0.4) is 0 Å². The molecule has 168 valence electrons. The third-order valence-corrected chi connectivity index (χ3v) is 5.72. The number of benzene rings is 2. The Morgan fingerprint density at radius 1 is 1.00 bits per heavy atom. The summed E-state index contributed by atoms with van der Waals surface area (Å²) in [5, 5.41) is 11.1. The van der Waals surface area contributed by atoms with Gasteiger partial charge in [-0.25, -0.2) is 9.59 Å². The Bertz CT molecular complexity index is 1200. The maximum Gasteiger partial charge on any atom is 0.348 e. The lowest BCUT2D eigenvalue weighted by molar-refractivity contribution is -0.384. The first-order valence-corrected chi connectivity index (χ1v) is 10.8. The highest BCUT2D eigenvalue weighted by Crippen LogP contribution is 2.32. The van der Waals surface area contributed by atoms with Crippen LogP contribution in [0.15, 0.2) is 79.9 Å². The highest BCUT2D eigenvalue weighted by Gasteiger charge is 2.22. The normalized spacial score (nSPS) is 10.3. The molecule has 0 fully saturated rings. The van der Waals surface area contributed by atoms with Gasteiger partial charge in [0.15, 0.2) is 0 Å². The second kappa shape index (κ2) is 11.0. The van der Waals surface area contributed by atoms with E-state index in [4.69, 9.17) is 9.47 Å². The van der Waals surface area contributed by atoms with Gasteiger partial charge >= 0.3 is 11.9 Å². The van der Waals surface area contributed by atoms with Crippen molar-refractivity contribution in [3.05, 3.63) is 116 Å². The summed E-state index contributed by atoms with van der Waals surface area (Å²) in [6, 6.07) is 14.7. The summed E-state index contributed by atoms with van der Waals surface area (Å²) >= 11 is 1.16. The molecule has 0 spiro atoms. The van der Waals surface area contributed by atoms with Crippen molar-refractivity contribution in [2.75, 3.05) is 0 Å². The average molecular weight is 464 g/mol. The number of allylic oxidation sites excluding steroid dienone is 2. The Balaban J connectivity index is 1.81. The third-order valence-electron chi connectivity index (χ3n) is 4.60. The minimum Gasteiger partial charge on any atom is -0.457 e. The Kier molecular flexibility index (Phi) is 7.88. The molecule has 8 heteroatoms. The smallest absolute Gasteiger partial charge is 0.348 e. The Morgan fingerprint density at radius 3 is 2.39 bits per heavy atom. The molecule has 0 saturated heterocycles. The quantitative estimate of drug-likeness (QED) is 0.166. The number of hydrogen-bond acceptors (Lipinski definition) is 7. The van der Waals surface area contributed by atoms with Crippen LogP contribution in [0.4, 0.5) is 5.69 Å². The standard InChI is InChI=1S/C25H21NO6S/c1-3-8-18-14-19(26(29)30)12-13-20(18)24(27)32-21-15-23(33-22(21)9-4-2)25(28)31-16-17-10-6-5-7-11-17/h3-7,10-15H,1-2,8-9,16H2. The van der Waals surface area contributed by atoms with Crippen molar-refractivity contribution in [2.24, 2.45) is 0 Å². The summed E-state index contributed by atoms with van der Waals surface area (Å²) < 4.78 is 10.9. The fourth-order valence-corrected chi connectivity index (χ4v) is 4.01. The molecule has 0 aliphatic rings. The largest absolute Gasteiger partial charge is 0.457 e. The monoisotopic (exact) mass is 463 g/mol. The lowest BCUT2D eigenvalue weighted by Crippen LogP contribution is -2.12. The maximum atomic E-state index is 12.9. The predicted octanol–water partition coefficient (Wildman–Crippen LogP) is 5.69. The highest BCUT2D eigenvalue weighted by molar-refractivity contribution is 7.14. The molecule has 0 unspecified atom stereocenters. The maximum absolute atomic E-state index is 12.9. The lowest BCUT2D eigenvalue weighted by Gasteiger charge is -2.08. The first kappa shape index (κ1) is 23.6. The van der Waals surface area contributed by atoms with Gasteiger partial charge in [0.05, 0.1) is 15.4 Å². The summed E-state index contributed by atoms with van der Waals surface area (Å²) in [6.45, 7) is 7.46. The molecule has 0 aliphatic heterocycles. The number of nitro benzene ring substituents is 1. The van der Waals surface area contributed by atoms with Gasteiger partial charge in [0, 0.05) is 24.6 Å². The van der Waals surface area contributed by atoms with Crippen molar-refractivity contribution >= 4 is 29.0 Å². The van der Waals surface area contributed by atoms with Crippen LogP contribution in [-0.2, 0) is 24.2 Å². The molecule has 0 radical (unpaired) electrons. The topological polar surface area (TPSA) is 95.7 Å². The van der Waals surface area contributed by atoms with E-state index < -0.39 is 16.9 Å². The van der Waals surface area contributed by atoms with Gasteiger partial charge < -0.3 is 9.47 Å². The van der Waals surface area contributed by atoms with Crippen LogP contribution in [0.5, 0.6) is 5.75 Å². The molecule has 0 amide bonds. The molecule has 2 aromatic carbocycles. The van der Waals surface area contributed by atoms with E-state index in [2.05, 4.69) is 13.2 Å². The second-order valence-corrected chi connectivity index (χ2v) is 8.07. The van der Waals surface area contributed by atoms with Gasteiger partial charge in [-0.2, -0.15) is 0 Å². The van der Waals surface area contributed by atoms with Gasteiger partial charge in [-0.1, -0.05) is 42.5 Å². The first-order chi connectivity index (χ1) is 15.9. The van der Waals surface area contributed by atoms with E-state index >= 15 is 0 Å². The number of ether oxygens (including phenoxy) is 2. The van der Waals surface area contributed by atoms with Crippen molar-refractivity contribution < 1.29 is 24.0 Å². The van der Waals surface area contributed by atoms with Crippen molar-refractivity contribution in [1.29, 1.82) is 0 Å². The number of carbonyl (C=O) groups is 2. The number of nitro groups is 1. The van der Waals surface area contributed by atoms with Gasteiger partial charge in [-0.3, -0.25) is 10.1 Å². The Morgan fingerprint density at radius 2 is 1.73 bits per heavy atom. The number of esters is 2. The lowest BCUT2D eigenvalue weighted by atomic mass is 10.0. The molecule has 3 rings (SSSR count). The van der Waals surface area contributed by atoms with Crippen LogP contribution in [0.2, 0.25) is 0 Å². The molecular weight excluding hydrogens is 442 g/mol. The van der Waals surface area contributed by atoms with Crippen LogP contribution >= 0.6 is 11.3 Å². The Hall–Kier alpha value is -4.04. The molecule has 0 N–H and O–H groups in total. The number of nitrogens with zero attached hydrogens (tertiary/aromatic N) is 1. The summed E-state index contributed by atoms with van der Waals surface area (Å²) in [4.78, 5) is 36.9. The molecule has 7 nitrogen and oxygen atoms in total. The van der Waals surface area contributed by atoms with Crippen LogP contribution in [0.25, 0.3) is 0 Å². The summed E-state index contributed by atoms with van der Waals surface area (Å²) in [7, 11) is 0. The highest BCUT2D eigenvalue weighted by atomic mass is 32.1. The van der Waals surface area contributed by atoms with E-state index in [0.29, 0.717) is 21.7 Å². The van der Waals surface area contributed by atoms with E-state index in [-0.39, 0.29) is 30.0 Å². The van der Waals surface area contributed by atoms with Gasteiger partial charge in [0.25, 0.3) is 5.69 Å². The summed E-state index contributed by atoms with van der Waals surface area (Å²) in [5.41, 5.74) is 1.33. The van der Waals surface area contributed by atoms with Crippen LogP contribution in [0.1, 0.15) is 36.0 Å². The second-order valence-electron chi connectivity index (χ2n) is 6.93. The van der Waals surface area contributed by atoms with Gasteiger partial charge in [-0.15, -0.1) is 24.5 Å². The zero-order valence-corrected chi connectivity index (χ0v) is 18.5. The zero-order valence-electron chi connectivity index (χ0n) is 17.7. The first-order valence-electron chi connectivity index (χ1n) is 9.98. The van der Waals surface area contributed by atoms with E-state index in [1.807, 2.05) is 30.3 Å². The minimum atomic E-state index is -0.686. The number of carbonyl (C=O) groups excluding carboxylic acids is 2. The molecule has 3 aromatic rings. The Labute approximate surface area is 194 Å². The molecule has 33 heavy (non-hydrogen) atoms. The minimum absolute atomic E-state index is 0.122. The van der Waals surface area contributed by atoms with Crippen LogP contribution in [0, 0.1) is 10.1 Å². The summed E-state index contributed by atoms with van der Waals surface area (Å²) in [6.07, 6.45) is 3.83. The summed E-state index contributed by atoms with van der Waals surface area (Å²) in [5.74, 6) is -0.993. The third kappa shape index (κ3) is 6.02. The van der Waals surface area contributed by atoms with Gasteiger partial charge in [0.2, 0.25) is 0 Å². The van der Waals surface area contributed by atoms with E-state index in [0.717, 1.165) is 16.9 Å². The van der Waals surface area contributed by atoms with E-state index in [9.17, 15) is 19.7 Å². The van der Waals surface area contributed by atoms with Crippen LogP contribution in [-0.4, -0.2) is 16.9 Å². The van der Waals surface area contributed by atoms with Crippen molar-refractivity contribution in [3.63, 3.8) is 0 Å². The number of hydrogen-bond donors (Lipinski definition) is 0. The average Bonchev–Trinajstić information content (AvgIpc) is 3.20. The zero-order chi connectivity index (χ0) is 23.8. The molecule has 0 saturated carbocycles. The molecule has 1 heterocycles. The molecule has 0 bridgehead atoms. The van der Waals surface area contributed by atoms with Gasteiger partial charge in [0.1, 0.15) is 17.2 Å². The number of non-ortho nitro benzene ring substituents is 1. The van der Waals surface area contributed by atoms with E-state index in [1.165, 1.54) is 24.3 Å². The number of rotatable bonds is 10. The van der Waals surface area contributed by atoms with E-state index in [1.54, 1.807) is 12.2 Å². The molecule has 1 aromatic heterocycles. The fraction of sp³-hybridized carbons (Fsp3) is 0.120. The van der Waals surface area contributed by atoms with Crippen molar-refractivity contribution in [1.82, 2.24) is 0 Å². The van der Waals surface area contributed by atoms with Crippen molar-refractivity contribution in [3.8, 4) is 5.75 Å². The molecular formula is C25H21NO6S.